The van der Waals surface area contributed by atoms with Crippen LogP contribution in [0.4, 0.5) is 10.8 Å². The summed E-state index contributed by atoms with van der Waals surface area (Å²) in [6, 6.07) is 6.67. The molecule has 0 aliphatic rings. The standard InChI is InChI=1S/C14H13N3O4S/c1-8(18)16-14-17-12(19)11(22-14)7-15-10-6-4-3-5-9(10)13(20)21-2/h3-7,19H,1-2H3,(H,16,17,18). The molecule has 0 saturated heterocycles. The van der Waals surface area contributed by atoms with Gasteiger partial charge in [0.2, 0.25) is 11.8 Å². The van der Waals surface area contributed by atoms with Crippen molar-refractivity contribution in [3.63, 3.8) is 0 Å². The number of esters is 1. The second kappa shape index (κ2) is 6.81. The highest BCUT2D eigenvalue weighted by Crippen LogP contribution is 2.27. The summed E-state index contributed by atoms with van der Waals surface area (Å²) in [7, 11) is 1.29. The maximum Gasteiger partial charge on any atom is 0.340 e. The number of carbonyl (C=O) groups excluding carboxylic acids is 2. The van der Waals surface area contributed by atoms with Gasteiger partial charge in [-0.25, -0.2) is 4.79 Å². The Morgan fingerprint density at radius 1 is 1.41 bits per heavy atom. The summed E-state index contributed by atoms with van der Waals surface area (Å²) >= 11 is 1.07. The summed E-state index contributed by atoms with van der Waals surface area (Å²) in [5.41, 5.74) is 0.718. The third-order valence-corrected chi connectivity index (χ3v) is 3.44. The van der Waals surface area contributed by atoms with Crippen LogP contribution in [0, 0.1) is 0 Å². The Morgan fingerprint density at radius 3 is 2.82 bits per heavy atom. The molecule has 0 radical (unpaired) electrons. The molecule has 1 aromatic carbocycles. The van der Waals surface area contributed by atoms with Crippen LogP contribution >= 0.6 is 11.3 Å². The summed E-state index contributed by atoms with van der Waals surface area (Å²) in [5, 5.41) is 12.5. The van der Waals surface area contributed by atoms with E-state index in [-0.39, 0.29) is 16.9 Å². The van der Waals surface area contributed by atoms with Gasteiger partial charge in [-0.05, 0) is 12.1 Å². The number of carbonyl (C=O) groups is 2. The molecule has 0 spiro atoms. The molecule has 114 valence electrons. The van der Waals surface area contributed by atoms with E-state index in [1.54, 1.807) is 24.3 Å². The molecule has 0 fully saturated rings. The van der Waals surface area contributed by atoms with E-state index in [0.29, 0.717) is 16.1 Å². The maximum absolute atomic E-state index is 11.6. The Labute approximate surface area is 130 Å². The van der Waals surface area contributed by atoms with Crippen LogP contribution < -0.4 is 5.32 Å². The van der Waals surface area contributed by atoms with Gasteiger partial charge in [0.15, 0.2) is 5.13 Å². The first-order valence-corrected chi connectivity index (χ1v) is 7.01. The van der Waals surface area contributed by atoms with Gasteiger partial charge in [-0.15, -0.1) is 0 Å². The van der Waals surface area contributed by atoms with Crippen molar-refractivity contribution in [1.29, 1.82) is 0 Å². The number of aromatic hydroxyl groups is 1. The molecule has 0 aliphatic heterocycles. The highest BCUT2D eigenvalue weighted by atomic mass is 32.1. The van der Waals surface area contributed by atoms with E-state index in [1.165, 1.54) is 20.2 Å². The number of thiazole rings is 1. The van der Waals surface area contributed by atoms with Gasteiger partial charge in [0, 0.05) is 6.92 Å². The predicted octanol–water partition coefficient (Wildman–Crippen LogP) is 2.34. The van der Waals surface area contributed by atoms with Gasteiger partial charge in [0.25, 0.3) is 0 Å². The minimum atomic E-state index is -0.500. The number of hydrogen-bond donors (Lipinski definition) is 2. The molecule has 2 aromatic rings. The van der Waals surface area contributed by atoms with Crippen LogP contribution in [0.5, 0.6) is 5.88 Å². The zero-order valence-corrected chi connectivity index (χ0v) is 12.7. The molecule has 0 unspecified atom stereocenters. The van der Waals surface area contributed by atoms with Crippen molar-refractivity contribution in [2.45, 2.75) is 6.92 Å². The zero-order valence-electron chi connectivity index (χ0n) is 11.9. The maximum atomic E-state index is 11.6. The first-order valence-electron chi connectivity index (χ1n) is 6.20. The molecule has 2 rings (SSSR count). The van der Waals surface area contributed by atoms with Crippen molar-refractivity contribution in [3.05, 3.63) is 34.7 Å². The lowest BCUT2D eigenvalue weighted by Gasteiger charge is -2.02. The van der Waals surface area contributed by atoms with E-state index in [4.69, 9.17) is 0 Å². The second-order valence-electron chi connectivity index (χ2n) is 4.15. The first-order chi connectivity index (χ1) is 10.5. The fourth-order valence-corrected chi connectivity index (χ4v) is 2.39. The minimum absolute atomic E-state index is 0.243. The van der Waals surface area contributed by atoms with Crippen molar-refractivity contribution in [2.75, 3.05) is 12.4 Å². The first kappa shape index (κ1) is 15.6. The number of methoxy groups -OCH3 is 1. The van der Waals surface area contributed by atoms with Crippen LogP contribution in [0.3, 0.4) is 0 Å². The summed E-state index contributed by atoms with van der Waals surface area (Å²) in [5.74, 6) is -1.03. The number of aliphatic imine (C=N–C) groups is 1. The van der Waals surface area contributed by atoms with Gasteiger partial charge in [-0.3, -0.25) is 9.79 Å². The second-order valence-corrected chi connectivity index (χ2v) is 5.19. The Hall–Kier alpha value is -2.74. The number of hydrogen-bond acceptors (Lipinski definition) is 7. The van der Waals surface area contributed by atoms with E-state index < -0.39 is 5.97 Å². The SMILES string of the molecule is COC(=O)c1ccccc1N=Cc1sc(NC(C)=O)nc1O. The van der Waals surface area contributed by atoms with Crippen molar-refractivity contribution < 1.29 is 19.4 Å². The Balaban J connectivity index is 2.28. The van der Waals surface area contributed by atoms with Gasteiger partial charge in [-0.2, -0.15) is 4.98 Å². The lowest BCUT2D eigenvalue weighted by Crippen LogP contribution is -2.04. The fraction of sp³-hybridized carbons (Fsp3) is 0.143. The molecule has 8 heteroatoms. The van der Waals surface area contributed by atoms with Gasteiger partial charge < -0.3 is 15.2 Å². The molecule has 0 saturated carbocycles. The van der Waals surface area contributed by atoms with Crippen LogP contribution in [-0.4, -0.2) is 35.3 Å². The van der Waals surface area contributed by atoms with Crippen LogP contribution in [0.2, 0.25) is 0 Å². The zero-order chi connectivity index (χ0) is 16.1. The van der Waals surface area contributed by atoms with Gasteiger partial charge in [0.05, 0.1) is 24.6 Å². The molecule has 2 N–H and O–H groups in total. The lowest BCUT2D eigenvalue weighted by molar-refractivity contribution is -0.114. The van der Waals surface area contributed by atoms with Crippen molar-refractivity contribution in [3.8, 4) is 5.88 Å². The van der Waals surface area contributed by atoms with Crippen molar-refractivity contribution in [1.82, 2.24) is 4.98 Å². The summed E-state index contributed by atoms with van der Waals surface area (Å²) < 4.78 is 4.68. The van der Waals surface area contributed by atoms with E-state index >= 15 is 0 Å². The molecule has 1 aromatic heterocycles. The molecule has 0 atom stereocenters. The van der Waals surface area contributed by atoms with Gasteiger partial charge >= 0.3 is 5.97 Å². The van der Waals surface area contributed by atoms with Crippen LogP contribution in [0.1, 0.15) is 22.2 Å². The number of aromatic nitrogens is 1. The molecule has 1 heterocycles. The van der Waals surface area contributed by atoms with E-state index in [1.807, 2.05) is 0 Å². The largest absolute Gasteiger partial charge is 0.492 e. The molecule has 1 amide bonds. The Bertz CT molecular complexity index is 739. The summed E-state index contributed by atoms with van der Waals surface area (Å²) in [4.78, 5) is 30.9. The Kier molecular flexibility index (Phi) is 4.84. The number of anilines is 1. The number of nitrogens with zero attached hydrogens (tertiary/aromatic N) is 2. The topological polar surface area (TPSA) is 101 Å². The quantitative estimate of drug-likeness (QED) is 0.665. The van der Waals surface area contributed by atoms with Crippen LogP contribution in [0.25, 0.3) is 0 Å². The van der Waals surface area contributed by atoms with Crippen molar-refractivity contribution in [2.24, 2.45) is 4.99 Å². The third kappa shape index (κ3) is 3.67. The molecule has 22 heavy (non-hydrogen) atoms. The summed E-state index contributed by atoms with van der Waals surface area (Å²) in [6.07, 6.45) is 1.38. The molecular formula is C14H13N3O4S. The predicted molar refractivity (Wildman–Crippen MR) is 83.1 cm³/mol. The Morgan fingerprint density at radius 2 is 2.14 bits per heavy atom. The van der Waals surface area contributed by atoms with E-state index in [2.05, 4.69) is 20.0 Å². The monoisotopic (exact) mass is 319 g/mol. The minimum Gasteiger partial charge on any atom is -0.492 e. The molecule has 0 bridgehead atoms. The number of amides is 1. The molecular weight excluding hydrogens is 306 g/mol. The summed E-state index contributed by atoms with van der Waals surface area (Å²) in [6.45, 7) is 1.35. The highest BCUT2D eigenvalue weighted by molar-refractivity contribution is 7.17. The van der Waals surface area contributed by atoms with Gasteiger partial charge in [-0.1, -0.05) is 23.5 Å². The normalized spacial score (nSPS) is 10.6. The smallest absolute Gasteiger partial charge is 0.340 e. The number of ether oxygens (including phenoxy) is 1. The van der Waals surface area contributed by atoms with Crippen LogP contribution in [0.15, 0.2) is 29.3 Å². The van der Waals surface area contributed by atoms with Gasteiger partial charge in [0.1, 0.15) is 4.88 Å². The average Bonchev–Trinajstić information content (AvgIpc) is 2.83. The fourth-order valence-electron chi connectivity index (χ4n) is 1.61. The van der Waals surface area contributed by atoms with Crippen LogP contribution in [-0.2, 0) is 9.53 Å². The number of rotatable bonds is 4. The lowest BCUT2D eigenvalue weighted by atomic mass is 10.2. The molecule has 0 aliphatic carbocycles. The number of benzene rings is 1. The average molecular weight is 319 g/mol. The highest BCUT2D eigenvalue weighted by Gasteiger charge is 2.12. The van der Waals surface area contributed by atoms with Crippen molar-refractivity contribution >= 4 is 40.2 Å². The van der Waals surface area contributed by atoms with E-state index in [9.17, 15) is 14.7 Å². The molecule has 7 nitrogen and oxygen atoms in total. The van der Waals surface area contributed by atoms with E-state index in [0.717, 1.165) is 11.3 Å². The third-order valence-electron chi connectivity index (χ3n) is 2.55. The number of nitrogens with one attached hydrogen (secondary N) is 1. The number of para-hydroxylation sites is 1.